The summed E-state index contributed by atoms with van der Waals surface area (Å²) in [7, 11) is 0. The molecule has 3 heteroatoms. The normalized spacial score (nSPS) is 18.5. The Hall–Kier alpha value is -0.930. The van der Waals surface area contributed by atoms with Crippen LogP contribution in [0, 0.1) is 12.7 Å². The third-order valence-electron chi connectivity index (χ3n) is 3.63. The molecule has 1 aromatic rings. The van der Waals surface area contributed by atoms with Gasteiger partial charge in [-0.1, -0.05) is 6.07 Å². The van der Waals surface area contributed by atoms with Crippen LogP contribution in [0.2, 0.25) is 0 Å². The quantitative estimate of drug-likeness (QED) is 0.871. The first-order valence-electron chi connectivity index (χ1n) is 6.38. The molecular weight excluding hydrogens is 215 g/mol. The zero-order valence-corrected chi connectivity index (χ0v) is 10.5. The standard InChI is InChI=1S/C14H21FN2/c1-11-10-13(15)3-2-12(11)4-7-17-8-5-14(16)6-9-17/h2-3,10,14H,4-9,16H2,1H3. The Morgan fingerprint density at radius 3 is 2.71 bits per heavy atom. The summed E-state index contributed by atoms with van der Waals surface area (Å²) in [5, 5.41) is 0. The smallest absolute Gasteiger partial charge is 0.123 e. The molecule has 1 heterocycles. The van der Waals surface area contributed by atoms with Crippen molar-refractivity contribution >= 4 is 0 Å². The van der Waals surface area contributed by atoms with E-state index in [0.717, 1.165) is 44.5 Å². The topological polar surface area (TPSA) is 29.3 Å². The van der Waals surface area contributed by atoms with Gasteiger partial charge in [-0.15, -0.1) is 0 Å². The van der Waals surface area contributed by atoms with Crippen LogP contribution in [0.15, 0.2) is 18.2 Å². The van der Waals surface area contributed by atoms with E-state index in [0.29, 0.717) is 6.04 Å². The minimum atomic E-state index is -0.143. The summed E-state index contributed by atoms with van der Waals surface area (Å²) in [6.45, 7) is 5.23. The van der Waals surface area contributed by atoms with Crippen molar-refractivity contribution in [2.75, 3.05) is 19.6 Å². The highest BCUT2D eigenvalue weighted by Crippen LogP contribution is 2.13. The van der Waals surface area contributed by atoms with Crippen LogP contribution in [0.25, 0.3) is 0 Å². The van der Waals surface area contributed by atoms with Gasteiger partial charge in [0.05, 0.1) is 0 Å². The molecule has 94 valence electrons. The van der Waals surface area contributed by atoms with E-state index in [-0.39, 0.29) is 5.82 Å². The van der Waals surface area contributed by atoms with Crippen LogP contribution in [-0.2, 0) is 6.42 Å². The molecule has 1 fully saturated rings. The minimum Gasteiger partial charge on any atom is -0.328 e. The van der Waals surface area contributed by atoms with Crippen molar-refractivity contribution < 1.29 is 4.39 Å². The van der Waals surface area contributed by atoms with Crippen molar-refractivity contribution in [1.29, 1.82) is 0 Å². The fourth-order valence-electron chi connectivity index (χ4n) is 2.39. The van der Waals surface area contributed by atoms with E-state index in [1.165, 1.54) is 5.56 Å². The van der Waals surface area contributed by atoms with Gasteiger partial charge in [0.1, 0.15) is 5.82 Å². The maximum absolute atomic E-state index is 13.0. The zero-order valence-electron chi connectivity index (χ0n) is 10.5. The molecule has 1 aromatic carbocycles. The van der Waals surface area contributed by atoms with Gasteiger partial charge in [0, 0.05) is 12.6 Å². The maximum Gasteiger partial charge on any atom is 0.123 e. The summed E-state index contributed by atoms with van der Waals surface area (Å²) in [6.07, 6.45) is 3.20. The number of hydrogen-bond acceptors (Lipinski definition) is 2. The van der Waals surface area contributed by atoms with Gasteiger partial charge in [-0.25, -0.2) is 4.39 Å². The van der Waals surface area contributed by atoms with Crippen LogP contribution in [0.4, 0.5) is 4.39 Å². The first-order valence-corrected chi connectivity index (χ1v) is 6.38. The van der Waals surface area contributed by atoms with Crippen LogP contribution < -0.4 is 5.73 Å². The van der Waals surface area contributed by atoms with Crippen LogP contribution in [0.5, 0.6) is 0 Å². The largest absolute Gasteiger partial charge is 0.328 e. The highest BCUT2D eigenvalue weighted by molar-refractivity contribution is 5.26. The van der Waals surface area contributed by atoms with Gasteiger partial charge in [-0.05, 0) is 62.5 Å². The van der Waals surface area contributed by atoms with Crippen LogP contribution in [-0.4, -0.2) is 30.6 Å². The van der Waals surface area contributed by atoms with Crippen molar-refractivity contribution in [2.45, 2.75) is 32.2 Å². The van der Waals surface area contributed by atoms with E-state index in [9.17, 15) is 4.39 Å². The monoisotopic (exact) mass is 236 g/mol. The second-order valence-electron chi connectivity index (χ2n) is 5.00. The first-order chi connectivity index (χ1) is 8.15. The van der Waals surface area contributed by atoms with Gasteiger partial charge in [0.2, 0.25) is 0 Å². The summed E-state index contributed by atoms with van der Waals surface area (Å²) >= 11 is 0. The van der Waals surface area contributed by atoms with E-state index in [1.54, 1.807) is 12.1 Å². The SMILES string of the molecule is Cc1cc(F)ccc1CCN1CCC(N)CC1. The molecule has 0 unspecified atom stereocenters. The zero-order chi connectivity index (χ0) is 12.3. The molecular formula is C14H21FN2. The summed E-state index contributed by atoms with van der Waals surface area (Å²) in [6, 6.07) is 5.45. The summed E-state index contributed by atoms with van der Waals surface area (Å²) in [4.78, 5) is 2.45. The number of piperidine rings is 1. The number of nitrogens with two attached hydrogens (primary N) is 1. The Bertz CT molecular complexity index is 370. The molecule has 0 bridgehead atoms. The maximum atomic E-state index is 13.0. The van der Waals surface area contributed by atoms with Gasteiger partial charge in [-0.3, -0.25) is 0 Å². The van der Waals surface area contributed by atoms with Gasteiger partial charge in [0.15, 0.2) is 0 Å². The van der Waals surface area contributed by atoms with Crippen molar-refractivity contribution in [2.24, 2.45) is 5.73 Å². The van der Waals surface area contributed by atoms with Crippen molar-refractivity contribution in [3.8, 4) is 0 Å². The fourth-order valence-corrected chi connectivity index (χ4v) is 2.39. The predicted octanol–water partition coefficient (Wildman–Crippen LogP) is 2.10. The lowest BCUT2D eigenvalue weighted by molar-refractivity contribution is 0.215. The van der Waals surface area contributed by atoms with Crippen LogP contribution in [0.3, 0.4) is 0 Å². The lowest BCUT2D eigenvalue weighted by Gasteiger charge is -2.30. The average Bonchev–Trinajstić information content (AvgIpc) is 2.30. The molecule has 0 atom stereocenters. The Balaban J connectivity index is 1.85. The van der Waals surface area contributed by atoms with Crippen molar-refractivity contribution in [3.63, 3.8) is 0 Å². The summed E-state index contributed by atoms with van der Waals surface area (Å²) < 4.78 is 13.0. The first kappa shape index (κ1) is 12.5. The van der Waals surface area contributed by atoms with E-state index in [2.05, 4.69) is 4.90 Å². The molecule has 17 heavy (non-hydrogen) atoms. The van der Waals surface area contributed by atoms with Gasteiger partial charge < -0.3 is 10.6 Å². The lowest BCUT2D eigenvalue weighted by atomic mass is 10.0. The fraction of sp³-hybridized carbons (Fsp3) is 0.571. The lowest BCUT2D eigenvalue weighted by Crippen LogP contribution is -2.40. The van der Waals surface area contributed by atoms with Crippen LogP contribution >= 0.6 is 0 Å². The third-order valence-corrected chi connectivity index (χ3v) is 3.63. The molecule has 2 rings (SSSR count). The van der Waals surface area contributed by atoms with Gasteiger partial charge in [0.25, 0.3) is 0 Å². The van der Waals surface area contributed by atoms with Crippen molar-refractivity contribution in [3.05, 3.63) is 35.1 Å². The van der Waals surface area contributed by atoms with E-state index < -0.39 is 0 Å². The summed E-state index contributed by atoms with van der Waals surface area (Å²) in [5.74, 6) is -0.143. The number of likely N-dealkylation sites (tertiary alicyclic amines) is 1. The highest BCUT2D eigenvalue weighted by atomic mass is 19.1. The molecule has 1 aliphatic heterocycles. The van der Waals surface area contributed by atoms with Gasteiger partial charge >= 0.3 is 0 Å². The Kier molecular flexibility index (Phi) is 4.13. The molecule has 0 aromatic heterocycles. The second kappa shape index (κ2) is 5.61. The highest BCUT2D eigenvalue weighted by Gasteiger charge is 2.15. The molecule has 0 radical (unpaired) electrons. The number of rotatable bonds is 3. The minimum absolute atomic E-state index is 0.143. The molecule has 0 saturated carbocycles. The number of halogens is 1. The predicted molar refractivity (Wildman–Crippen MR) is 68.5 cm³/mol. The Morgan fingerprint density at radius 2 is 2.06 bits per heavy atom. The molecule has 1 saturated heterocycles. The second-order valence-corrected chi connectivity index (χ2v) is 5.00. The Labute approximate surface area is 103 Å². The molecule has 0 aliphatic carbocycles. The molecule has 0 spiro atoms. The van der Waals surface area contributed by atoms with E-state index >= 15 is 0 Å². The molecule has 2 N–H and O–H groups in total. The summed E-state index contributed by atoms with van der Waals surface area (Å²) in [5.41, 5.74) is 8.18. The van der Waals surface area contributed by atoms with E-state index in [1.807, 2.05) is 13.0 Å². The number of aryl methyl sites for hydroxylation is 1. The number of nitrogens with zero attached hydrogens (tertiary/aromatic N) is 1. The van der Waals surface area contributed by atoms with E-state index in [4.69, 9.17) is 5.73 Å². The van der Waals surface area contributed by atoms with Gasteiger partial charge in [-0.2, -0.15) is 0 Å². The number of benzene rings is 1. The molecule has 1 aliphatic rings. The molecule has 0 amide bonds. The number of hydrogen-bond donors (Lipinski definition) is 1. The average molecular weight is 236 g/mol. The van der Waals surface area contributed by atoms with Crippen molar-refractivity contribution in [1.82, 2.24) is 4.90 Å². The molecule has 2 nitrogen and oxygen atoms in total. The third kappa shape index (κ3) is 3.51. The van der Waals surface area contributed by atoms with Crippen LogP contribution in [0.1, 0.15) is 24.0 Å². The Morgan fingerprint density at radius 1 is 1.35 bits per heavy atom.